The van der Waals surface area contributed by atoms with Gasteiger partial charge in [-0.2, -0.15) is 13.2 Å². The van der Waals surface area contributed by atoms with Gasteiger partial charge in [-0.3, -0.25) is 0 Å². The molecular weight excluding hydrogens is 355 g/mol. The summed E-state index contributed by atoms with van der Waals surface area (Å²) in [5.74, 6) is 0.398. The fraction of sp³-hybridized carbons (Fsp3) is 0.588. The molecule has 2 rings (SSSR count). The second-order valence-electron chi connectivity index (χ2n) is 6.31. The number of halogens is 4. The average molecular weight is 378 g/mol. The Hall–Kier alpha value is -1.47. The molecule has 0 spiro atoms. The summed E-state index contributed by atoms with van der Waals surface area (Å²) < 4.78 is 38.5. The lowest BCUT2D eigenvalue weighted by atomic mass is 9.97. The van der Waals surface area contributed by atoms with Gasteiger partial charge >= 0.3 is 12.2 Å². The van der Waals surface area contributed by atoms with Gasteiger partial charge in [0.2, 0.25) is 0 Å². The first kappa shape index (κ1) is 19.8. The highest BCUT2D eigenvalue weighted by atomic mass is 35.5. The van der Waals surface area contributed by atoms with Gasteiger partial charge in [0, 0.05) is 12.2 Å². The van der Waals surface area contributed by atoms with Crippen LogP contribution in [-0.4, -0.2) is 37.1 Å². The molecule has 2 N–H and O–H groups in total. The van der Waals surface area contributed by atoms with Crippen molar-refractivity contribution in [3.8, 4) is 0 Å². The number of hydrogen-bond acceptors (Lipinski definition) is 2. The fourth-order valence-corrected chi connectivity index (χ4v) is 3.19. The zero-order valence-corrected chi connectivity index (χ0v) is 14.9. The summed E-state index contributed by atoms with van der Waals surface area (Å²) in [5, 5.41) is 4.78. The van der Waals surface area contributed by atoms with Crippen LogP contribution in [0.3, 0.4) is 0 Å². The molecule has 1 aliphatic heterocycles. The molecule has 1 aromatic carbocycles. The van der Waals surface area contributed by atoms with Crippen LogP contribution < -0.4 is 10.6 Å². The van der Waals surface area contributed by atoms with E-state index < -0.39 is 22.8 Å². The van der Waals surface area contributed by atoms with E-state index in [0.717, 1.165) is 51.0 Å². The number of nitrogens with zero attached hydrogens (tertiary/aromatic N) is 1. The quantitative estimate of drug-likeness (QED) is 0.787. The maximum Gasteiger partial charge on any atom is 0.417 e. The number of alkyl halides is 3. The highest BCUT2D eigenvalue weighted by molar-refractivity contribution is 6.31. The molecule has 0 bridgehead atoms. The maximum absolute atomic E-state index is 12.8. The van der Waals surface area contributed by atoms with Gasteiger partial charge in [0.1, 0.15) is 0 Å². The van der Waals surface area contributed by atoms with Crippen molar-refractivity contribution in [1.29, 1.82) is 0 Å². The predicted molar refractivity (Wildman–Crippen MR) is 92.9 cm³/mol. The molecule has 0 unspecified atom stereocenters. The molecule has 140 valence electrons. The molecule has 1 aliphatic rings. The molecule has 1 saturated heterocycles. The normalized spacial score (nSPS) is 16.7. The largest absolute Gasteiger partial charge is 0.417 e. The van der Waals surface area contributed by atoms with Crippen molar-refractivity contribution in [3.63, 3.8) is 0 Å². The molecule has 8 heteroatoms. The molecule has 0 saturated carbocycles. The summed E-state index contributed by atoms with van der Waals surface area (Å²) in [7, 11) is 0. The zero-order chi connectivity index (χ0) is 18.4. The molecule has 0 radical (unpaired) electrons. The van der Waals surface area contributed by atoms with Crippen LogP contribution in [0.25, 0.3) is 0 Å². The number of likely N-dealkylation sites (tertiary alicyclic amines) is 1. The van der Waals surface area contributed by atoms with Crippen LogP contribution in [0.15, 0.2) is 18.2 Å². The van der Waals surface area contributed by atoms with Crippen molar-refractivity contribution in [2.24, 2.45) is 5.92 Å². The van der Waals surface area contributed by atoms with Crippen LogP contribution in [0.4, 0.5) is 23.7 Å². The van der Waals surface area contributed by atoms with Crippen LogP contribution in [0, 0.1) is 5.92 Å². The lowest BCUT2D eigenvalue weighted by Gasteiger charge is -2.31. The minimum absolute atomic E-state index is 0.0620. The number of rotatable bonds is 5. The standard InChI is InChI=1S/C17H23ClF3N3O/c1-2-7-24-8-5-12(6-9-24)11-22-16(25)23-13-3-4-15(18)14(10-13)17(19,20)21/h3-4,10,12H,2,5-9,11H2,1H3,(H2,22,23,25). The second kappa shape index (κ2) is 8.76. The molecule has 25 heavy (non-hydrogen) atoms. The van der Waals surface area contributed by atoms with Crippen LogP contribution in [0.5, 0.6) is 0 Å². The summed E-state index contributed by atoms with van der Waals surface area (Å²) >= 11 is 5.56. The third kappa shape index (κ3) is 6.08. The fourth-order valence-electron chi connectivity index (χ4n) is 2.96. The number of urea groups is 1. The lowest BCUT2D eigenvalue weighted by molar-refractivity contribution is -0.137. The van der Waals surface area contributed by atoms with Gasteiger partial charge in [-0.25, -0.2) is 4.79 Å². The van der Waals surface area contributed by atoms with Crippen molar-refractivity contribution >= 4 is 23.3 Å². The van der Waals surface area contributed by atoms with Crippen LogP contribution in [0.1, 0.15) is 31.7 Å². The van der Waals surface area contributed by atoms with Crippen LogP contribution in [-0.2, 0) is 6.18 Å². The number of carbonyl (C=O) groups excluding carboxylic acids is 1. The van der Waals surface area contributed by atoms with Crippen molar-refractivity contribution < 1.29 is 18.0 Å². The summed E-state index contributed by atoms with van der Waals surface area (Å²) in [4.78, 5) is 14.3. The van der Waals surface area contributed by atoms with Gasteiger partial charge in [-0.1, -0.05) is 18.5 Å². The first-order valence-electron chi connectivity index (χ1n) is 8.43. The van der Waals surface area contributed by atoms with Gasteiger partial charge in [0.05, 0.1) is 10.6 Å². The molecule has 2 amide bonds. The van der Waals surface area contributed by atoms with E-state index >= 15 is 0 Å². The Morgan fingerprint density at radius 1 is 1.32 bits per heavy atom. The Labute approximate surface area is 150 Å². The Balaban J connectivity index is 1.81. The highest BCUT2D eigenvalue weighted by Crippen LogP contribution is 2.36. The van der Waals surface area contributed by atoms with Gasteiger partial charge in [0.15, 0.2) is 0 Å². The second-order valence-corrected chi connectivity index (χ2v) is 6.72. The van der Waals surface area contributed by atoms with Crippen molar-refractivity contribution in [2.75, 3.05) is 31.5 Å². The van der Waals surface area contributed by atoms with E-state index in [1.165, 1.54) is 6.07 Å². The Bertz CT molecular complexity index is 587. The van der Waals surface area contributed by atoms with E-state index in [4.69, 9.17) is 11.6 Å². The summed E-state index contributed by atoms with van der Waals surface area (Å²) in [6.45, 7) is 5.81. The topological polar surface area (TPSA) is 44.4 Å². The van der Waals surface area contributed by atoms with Gasteiger partial charge in [-0.05, 0) is 63.0 Å². The minimum Gasteiger partial charge on any atom is -0.338 e. The molecule has 0 atom stereocenters. The summed E-state index contributed by atoms with van der Waals surface area (Å²) in [6.07, 6.45) is -1.40. The number of piperidine rings is 1. The van der Waals surface area contributed by atoms with E-state index in [9.17, 15) is 18.0 Å². The van der Waals surface area contributed by atoms with E-state index in [1.54, 1.807) is 0 Å². The van der Waals surface area contributed by atoms with E-state index in [2.05, 4.69) is 22.5 Å². The smallest absolute Gasteiger partial charge is 0.338 e. The number of hydrogen-bond donors (Lipinski definition) is 2. The van der Waals surface area contributed by atoms with Gasteiger partial charge < -0.3 is 15.5 Å². The molecule has 0 aromatic heterocycles. The van der Waals surface area contributed by atoms with Gasteiger partial charge in [-0.15, -0.1) is 0 Å². The highest BCUT2D eigenvalue weighted by Gasteiger charge is 2.33. The lowest BCUT2D eigenvalue weighted by Crippen LogP contribution is -2.40. The summed E-state index contributed by atoms with van der Waals surface area (Å²) in [5.41, 5.74) is -0.901. The van der Waals surface area contributed by atoms with Crippen LogP contribution in [0.2, 0.25) is 5.02 Å². The molecule has 1 heterocycles. The minimum atomic E-state index is -4.56. The van der Waals surface area contributed by atoms with E-state index in [0.29, 0.717) is 12.5 Å². The maximum atomic E-state index is 12.8. The molecule has 0 aliphatic carbocycles. The van der Waals surface area contributed by atoms with Crippen molar-refractivity contribution in [1.82, 2.24) is 10.2 Å². The number of anilines is 1. The predicted octanol–water partition coefficient (Wildman–Crippen LogP) is 4.60. The van der Waals surface area contributed by atoms with Crippen LogP contribution >= 0.6 is 11.6 Å². The Morgan fingerprint density at radius 3 is 2.60 bits per heavy atom. The number of benzene rings is 1. The van der Waals surface area contributed by atoms with E-state index in [-0.39, 0.29) is 5.69 Å². The third-order valence-corrected chi connectivity index (χ3v) is 4.66. The van der Waals surface area contributed by atoms with Crippen molar-refractivity contribution in [3.05, 3.63) is 28.8 Å². The number of amides is 2. The first-order chi connectivity index (χ1) is 11.8. The summed E-state index contributed by atoms with van der Waals surface area (Å²) in [6, 6.07) is 2.81. The monoisotopic (exact) mass is 377 g/mol. The molecule has 1 fully saturated rings. The van der Waals surface area contributed by atoms with Gasteiger partial charge in [0.25, 0.3) is 0 Å². The average Bonchev–Trinajstić information content (AvgIpc) is 2.55. The number of nitrogens with one attached hydrogen (secondary N) is 2. The van der Waals surface area contributed by atoms with E-state index in [1.807, 2.05) is 0 Å². The number of carbonyl (C=O) groups is 1. The first-order valence-corrected chi connectivity index (χ1v) is 8.81. The zero-order valence-electron chi connectivity index (χ0n) is 14.1. The molecule has 1 aromatic rings. The Morgan fingerprint density at radius 2 is 2.00 bits per heavy atom. The molecular formula is C17H23ClF3N3O. The Kier molecular flexibility index (Phi) is 6.95. The third-order valence-electron chi connectivity index (χ3n) is 4.33. The molecule has 4 nitrogen and oxygen atoms in total. The van der Waals surface area contributed by atoms with Crippen molar-refractivity contribution in [2.45, 2.75) is 32.4 Å². The SMILES string of the molecule is CCCN1CCC(CNC(=O)Nc2ccc(Cl)c(C(F)(F)F)c2)CC1.